The first-order valence-electron chi connectivity index (χ1n) is 5.71. The minimum absolute atomic E-state index is 0.282. The van der Waals surface area contributed by atoms with Gasteiger partial charge in [-0.3, -0.25) is 0 Å². The van der Waals surface area contributed by atoms with Crippen molar-refractivity contribution in [3.05, 3.63) is 28.8 Å². The molecule has 0 heterocycles. The fraction of sp³-hybridized carbons (Fsp3) is 0.538. The Morgan fingerprint density at radius 2 is 2.12 bits per heavy atom. The predicted octanol–water partition coefficient (Wildman–Crippen LogP) is 4.10. The van der Waals surface area contributed by atoms with Crippen molar-refractivity contribution in [2.45, 2.75) is 25.3 Å². The van der Waals surface area contributed by atoms with E-state index in [1.54, 1.807) is 0 Å². The third-order valence-electron chi connectivity index (χ3n) is 2.47. The van der Waals surface area contributed by atoms with E-state index in [1.165, 1.54) is 11.3 Å². The maximum atomic E-state index is 5.98. The van der Waals surface area contributed by atoms with E-state index in [0.717, 1.165) is 23.5 Å². The largest absolute Gasteiger partial charge is 0.377 e. The Kier molecular flexibility index (Phi) is 6.31. The van der Waals surface area contributed by atoms with E-state index < -0.39 is 0 Å². The van der Waals surface area contributed by atoms with Gasteiger partial charge in [0.2, 0.25) is 0 Å². The fourth-order valence-corrected chi connectivity index (χ4v) is 2.22. The molecule has 0 saturated heterocycles. The summed E-state index contributed by atoms with van der Waals surface area (Å²) in [5.41, 5.74) is 2.39. The molecule has 0 spiro atoms. The summed E-state index contributed by atoms with van der Waals surface area (Å²) in [4.78, 5) is 2.19. The quantitative estimate of drug-likeness (QED) is 0.732. The topological polar surface area (TPSA) is 12.5 Å². The second-order valence-electron chi connectivity index (χ2n) is 4.25. The maximum Gasteiger partial charge on any atom is 0.0644 e. The van der Waals surface area contributed by atoms with Gasteiger partial charge in [-0.1, -0.05) is 27.5 Å². The zero-order valence-corrected chi connectivity index (χ0v) is 12.9. The van der Waals surface area contributed by atoms with E-state index in [2.05, 4.69) is 27.9 Å². The number of hydrogen-bond acceptors (Lipinski definition) is 2. The Labute approximate surface area is 117 Å². The average molecular weight is 321 g/mol. The lowest BCUT2D eigenvalue weighted by Crippen LogP contribution is -2.24. The molecule has 0 aliphatic carbocycles. The molecule has 1 aromatic rings. The normalized spacial score (nSPS) is 10.9. The first-order chi connectivity index (χ1) is 8.04. The lowest BCUT2D eigenvalue weighted by atomic mass is 10.2. The number of benzene rings is 1. The van der Waals surface area contributed by atoms with Crippen LogP contribution in [0, 0.1) is 0 Å². The van der Waals surface area contributed by atoms with Gasteiger partial charge in [-0.15, -0.1) is 0 Å². The average Bonchev–Trinajstić information content (AvgIpc) is 2.28. The number of alkyl halides is 1. The van der Waals surface area contributed by atoms with E-state index in [4.69, 9.17) is 16.3 Å². The summed E-state index contributed by atoms with van der Waals surface area (Å²) < 4.78 is 5.55. The first-order valence-corrected chi connectivity index (χ1v) is 7.21. The third kappa shape index (κ3) is 4.86. The van der Waals surface area contributed by atoms with Crippen molar-refractivity contribution in [2.24, 2.45) is 0 Å². The monoisotopic (exact) mass is 319 g/mol. The van der Waals surface area contributed by atoms with Crippen LogP contribution in [0.15, 0.2) is 18.2 Å². The van der Waals surface area contributed by atoms with Crippen LogP contribution in [0.5, 0.6) is 0 Å². The number of anilines is 1. The Hall–Kier alpha value is -0.250. The van der Waals surface area contributed by atoms with Gasteiger partial charge < -0.3 is 9.64 Å². The second kappa shape index (κ2) is 7.24. The van der Waals surface area contributed by atoms with Crippen LogP contribution >= 0.6 is 27.5 Å². The lowest BCUT2D eigenvalue weighted by molar-refractivity contribution is 0.0846. The van der Waals surface area contributed by atoms with Crippen LogP contribution in [0.25, 0.3) is 0 Å². The summed E-state index contributed by atoms with van der Waals surface area (Å²) in [5, 5.41) is 1.58. The molecule has 0 N–H and O–H groups in total. The van der Waals surface area contributed by atoms with Crippen LogP contribution in [-0.4, -0.2) is 26.3 Å². The van der Waals surface area contributed by atoms with E-state index >= 15 is 0 Å². The molecule has 17 heavy (non-hydrogen) atoms. The molecular formula is C13H19BrClNO. The Morgan fingerprint density at radius 1 is 1.41 bits per heavy atom. The predicted molar refractivity (Wildman–Crippen MR) is 78.4 cm³/mol. The molecule has 0 aliphatic heterocycles. The zero-order valence-electron chi connectivity index (χ0n) is 10.5. The third-order valence-corrected chi connectivity index (χ3v) is 3.31. The second-order valence-corrected chi connectivity index (χ2v) is 5.24. The van der Waals surface area contributed by atoms with Gasteiger partial charge in [-0.2, -0.15) is 0 Å². The summed E-state index contributed by atoms with van der Waals surface area (Å²) in [7, 11) is 2.07. The van der Waals surface area contributed by atoms with Gasteiger partial charge in [-0.25, -0.2) is 0 Å². The number of nitrogens with zero attached hydrogens (tertiary/aromatic N) is 1. The molecule has 4 heteroatoms. The van der Waals surface area contributed by atoms with E-state index in [1.807, 2.05) is 32.0 Å². The molecule has 0 saturated carbocycles. The number of likely N-dealkylation sites (N-methyl/N-ethyl adjacent to an activating group) is 1. The highest BCUT2D eigenvalue weighted by molar-refractivity contribution is 9.08. The van der Waals surface area contributed by atoms with Crippen LogP contribution in [0.4, 0.5) is 5.69 Å². The van der Waals surface area contributed by atoms with Crippen LogP contribution < -0.4 is 4.90 Å². The van der Waals surface area contributed by atoms with Crippen molar-refractivity contribution < 1.29 is 4.74 Å². The molecule has 2 nitrogen and oxygen atoms in total. The number of hydrogen-bond donors (Lipinski definition) is 0. The molecule has 96 valence electrons. The molecule has 0 amide bonds. The molecular weight excluding hydrogens is 302 g/mol. The highest BCUT2D eigenvalue weighted by Crippen LogP contribution is 2.25. The summed E-state index contributed by atoms with van der Waals surface area (Å²) in [5.74, 6) is 0. The molecule has 1 aromatic carbocycles. The van der Waals surface area contributed by atoms with Gasteiger partial charge in [0, 0.05) is 29.6 Å². The highest BCUT2D eigenvalue weighted by atomic mass is 79.9. The van der Waals surface area contributed by atoms with Crippen LogP contribution in [0.3, 0.4) is 0 Å². The molecule has 0 unspecified atom stereocenters. The lowest BCUT2D eigenvalue weighted by Gasteiger charge is -2.22. The Bertz CT molecular complexity index is 357. The number of halogens is 2. The summed E-state index contributed by atoms with van der Waals surface area (Å²) in [6.07, 6.45) is 0.282. The molecule has 1 rings (SSSR count). The zero-order chi connectivity index (χ0) is 12.8. The van der Waals surface area contributed by atoms with Crippen LogP contribution in [0.2, 0.25) is 5.02 Å². The van der Waals surface area contributed by atoms with Crippen molar-refractivity contribution in [1.29, 1.82) is 0 Å². The van der Waals surface area contributed by atoms with Crippen LogP contribution in [0.1, 0.15) is 19.4 Å². The minimum atomic E-state index is 0.282. The van der Waals surface area contributed by atoms with Crippen LogP contribution in [-0.2, 0) is 10.1 Å². The van der Waals surface area contributed by atoms with Gasteiger partial charge in [-0.05, 0) is 37.6 Å². The summed E-state index contributed by atoms with van der Waals surface area (Å²) in [6, 6.07) is 5.96. The van der Waals surface area contributed by atoms with Crippen molar-refractivity contribution in [3.8, 4) is 0 Å². The van der Waals surface area contributed by atoms with E-state index in [0.29, 0.717) is 0 Å². The first kappa shape index (κ1) is 14.8. The van der Waals surface area contributed by atoms with Gasteiger partial charge in [0.15, 0.2) is 0 Å². The maximum absolute atomic E-state index is 5.98. The standard InChI is InChI=1S/C13H19BrClNO/c1-10(2)17-7-6-16(3)13-5-4-12(15)8-11(13)9-14/h4-5,8,10H,6-7,9H2,1-3H3. The van der Waals surface area contributed by atoms with Crippen molar-refractivity contribution >= 4 is 33.2 Å². The highest BCUT2D eigenvalue weighted by Gasteiger charge is 2.07. The van der Waals surface area contributed by atoms with Gasteiger partial charge in [0.05, 0.1) is 12.7 Å². The van der Waals surface area contributed by atoms with Gasteiger partial charge in [0.25, 0.3) is 0 Å². The van der Waals surface area contributed by atoms with Gasteiger partial charge >= 0.3 is 0 Å². The van der Waals surface area contributed by atoms with E-state index in [-0.39, 0.29) is 6.10 Å². The summed E-state index contributed by atoms with van der Waals surface area (Å²) in [6.45, 7) is 5.71. The van der Waals surface area contributed by atoms with Gasteiger partial charge in [0.1, 0.15) is 0 Å². The molecule has 0 aromatic heterocycles. The molecule has 0 aliphatic rings. The van der Waals surface area contributed by atoms with Crippen molar-refractivity contribution in [2.75, 3.05) is 25.1 Å². The SMILES string of the molecule is CC(C)OCCN(C)c1ccc(Cl)cc1CBr. The molecule has 0 atom stereocenters. The summed E-state index contributed by atoms with van der Waals surface area (Å²) >= 11 is 9.47. The minimum Gasteiger partial charge on any atom is -0.377 e. The smallest absolute Gasteiger partial charge is 0.0644 e. The molecule has 0 fully saturated rings. The number of rotatable bonds is 6. The van der Waals surface area contributed by atoms with Crippen molar-refractivity contribution in [1.82, 2.24) is 0 Å². The number of ether oxygens (including phenoxy) is 1. The van der Waals surface area contributed by atoms with E-state index in [9.17, 15) is 0 Å². The fourth-order valence-electron chi connectivity index (χ4n) is 1.58. The Morgan fingerprint density at radius 3 is 2.71 bits per heavy atom. The molecule has 0 radical (unpaired) electrons. The molecule has 0 bridgehead atoms. The Balaban J connectivity index is 2.64. The van der Waals surface area contributed by atoms with Crippen molar-refractivity contribution in [3.63, 3.8) is 0 Å².